The molecule has 2 aromatic heterocycles. The van der Waals surface area contributed by atoms with Gasteiger partial charge in [-0.05, 0) is 18.4 Å². The summed E-state index contributed by atoms with van der Waals surface area (Å²) in [7, 11) is 0. The van der Waals surface area contributed by atoms with Crippen molar-refractivity contribution < 1.29 is 9.90 Å². The van der Waals surface area contributed by atoms with E-state index in [1.807, 2.05) is 4.57 Å². The minimum atomic E-state index is -0.844. The van der Waals surface area contributed by atoms with Crippen LogP contribution in [0.15, 0.2) is 17.4 Å². The molecule has 0 aliphatic heterocycles. The van der Waals surface area contributed by atoms with Crippen molar-refractivity contribution in [3.8, 4) is 0 Å². The Hall–Kier alpha value is -1.27. The molecule has 0 atom stereocenters. The number of rotatable bonds is 6. The SMILES string of the molecule is O=C(O)CSc1nc2cc(Cl)cnc2n1CCC1CCC1. The van der Waals surface area contributed by atoms with E-state index in [2.05, 4.69) is 9.97 Å². The van der Waals surface area contributed by atoms with E-state index in [0.29, 0.717) is 10.2 Å². The number of hydrogen-bond donors (Lipinski definition) is 1. The summed E-state index contributed by atoms with van der Waals surface area (Å²) in [5.74, 6) is -0.0591. The first kappa shape index (κ1) is 14.7. The second-order valence-corrected chi connectivity index (χ2v) is 6.69. The molecule has 1 fully saturated rings. The lowest BCUT2D eigenvalue weighted by Gasteiger charge is -2.25. The lowest BCUT2D eigenvalue weighted by atomic mass is 9.83. The van der Waals surface area contributed by atoms with Crippen molar-refractivity contribution in [1.82, 2.24) is 14.5 Å². The number of hydrogen-bond acceptors (Lipinski definition) is 4. The van der Waals surface area contributed by atoms with Gasteiger partial charge >= 0.3 is 5.97 Å². The van der Waals surface area contributed by atoms with Crippen LogP contribution in [0, 0.1) is 5.92 Å². The van der Waals surface area contributed by atoms with Gasteiger partial charge in [0.1, 0.15) is 5.52 Å². The maximum absolute atomic E-state index is 10.8. The molecule has 0 bridgehead atoms. The van der Waals surface area contributed by atoms with Crippen molar-refractivity contribution in [2.75, 3.05) is 5.75 Å². The molecular weight excluding hydrogens is 310 g/mol. The molecule has 5 nitrogen and oxygen atoms in total. The third-order valence-electron chi connectivity index (χ3n) is 3.83. The summed E-state index contributed by atoms with van der Waals surface area (Å²) in [6.45, 7) is 0.831. The van der Waals surface area contributed by atoms with Gasteiger partial charge in [0.2, 0.25) is 0 Å². The van der Waals surface area contributed by atoms with Crippen LogP contribution in [-0.4, -0.2) is 31.4 Å². The van der Waals surface area contributed by atoms with Crippen molar-refractivity contribution in [1.29, 1.82) is 0 Å². The Morgan fingerprint density at radius 1 is 1.52 bits per heavy atom. The minimum Gasteiger partial charge on any atom is -0.481 e. The molecule has 2 heterocycles. The first-order valence-corrected chi connectivity index (χ1v) is 8.36. The molecule has 3 rings (SSSR count). The normalized spacial score (nSPS) is 15.3. The van der Waals surface area contributed by atoms with E-state index in [4.69, 9.17) is 16.7 Å². The van der Waals surface area contributed by atoms with Crippen LogP contribution in [0.4, 0.5) is 0 Å². The van der Waals surface area contributed by atoms with Crippen LogP contribution < -0.4 is 0 Å². The second kappa shape index (κ2) is 6.23. The van der Waals surface area contributed by atoms with E-state index < -0.39 is 5.97 Å². The lowest BCUT2D eigenvalue weighted by Crippen LogP contribution is -2.14. The van der Waals surface area contributed by atoms with E-state index >= 15 is 0 Å². The quantitative estimate of drug-likeness (QED) is 0.824. The van der Waals surface area contributed by atoms with E-state index in [-0.39, 0.29) is 5.75 Å². The van der Waals surface area contributed by atoms with Crippen molar-refractivity contribution in [3.63, 3.8) is 0 Å². The van der Waals surface area contributed by atoms with Crippen LogP contribution in [0.5, 0.6) is 0 Å². The largest absolute Gasteiger partial charge is 0.481 e. The molecule has 112 valence electrons. The van der Waals surface area contributed by atoms with Crippen molar-refractivity contribution in [2.24, 2.45) is 5.92 Å². The monoisotopic (exact) mass is 325 g/mol. The van der Waals surface area contributed by atoms with Crippen molar-refractivity contribution in [3.05, 3.63) is 17.3 Å². The second-order valence-electron chi connectivity index (χ2n) is 5.31. The number of carbonyl (C=O) groups is 1. The molecule has 1 N–H and O–H groups in total. The predicted octanol–water partition coefficient (Wildman–Crippen LogP) is 3.45. The molecular formula is C14H16ClN3O2S. The molecule has 1 aliphatic carbocycles. The maximum Gasteiger partial charge on any atom is 0.313 e. The molecule has 0 unspecified atom stereocenters. The zero-order chi connectivity index (χ0) is 14.8. The summed E-state index contributed by atoms with van der Waals surface area (Å²) in [5.41, 5.74) is 1.51. The van der Waals surface area contributed by atoms with Gasteiger partial charge in [-0.2, -0.15) is 0 Å². The van der Waals surface area contributed by atoms with Crippen LogP contribution in [0.25, 0.3) is 11.2 Å². The van der Waals surface area contributed by atoms with Crippen molar-refractivity contribution >= 4 is 40.5 Å². The summed E-state index contributed by atoms with van der Waals surface area (Å²) in [6.07, 6.45) is 6.62. The number of carboxylic acids is 1. The number of nitrogens with zero attached hydrogens (tertiary/aromatic N) is 3. The number of carboxylic acid groups (broad SMARTS) is 1. The molecule has 0 saturated heterocycles. The van der Waals surface area contributed by atoms with Gasteiger partial charge < -0.3 is 9.67 Å². The summed E-state index contributed by atoms with van der Waals surface area (Å²) in [4.78, 5) is 19.6. The third-order valence-corrected chi connectivity index (χ3v) is 4.99. The average molecular weight is 326 g/mol. The molecule has 0 aromatic carbocycles. The third kappa shape index (κ3) is 3.32. The molecule has 21 heavy (non-hydrogen) atoms. The standard InChI is InChI=1S/C14H16ClN3O2S/c15-10-6-11-13(16-7-10)18(5-4-9-2-1-3-9)14(17-11)21-8-12(19)20/h6-7,9H,1-5,8H2,(H,19,20). The highest BCUT2D eigenvalue weighted by Crippen LogP contribution is 2.31. The highest BCUT2D eigenvalue weighted by Gasteiger charge is 2.19. The van der Waals surface area contributed by atoms with Gasteiger partial charge in [-0.1, -0.05) is 42.6 Å². The molecule has 0 amide bonds. The van der Waals surface area contributed by atoms with Crippen LogP contribution in [0.1, 0.15) is 25.7 Å². The Kier molecular flexibility index (Phi) is 4.35. The Balaban J connectivity index is 1.87. The number of halogens is 1. The van der Waals surface area contributed by atoms with Gasteiger partial charge in [-0.15, -0.1) is 0 Å². The number of imidazole rings is 1. The van der Waals surface area contributed by atoms with Crippen molar-refractivity contribution in [2.45, 2.75) is 37.4 Å². The zero-order valence-corrected chi connectivity index (χ0v) is 13.0. The molecule has 0 spiro atoms. The topological polar surface area (TPSA) is 68.0 Å². The molecule has 0 radical (unpaired) electrons. The molecule has 7 heteroatoms. The highest BCUT2D eigenvalue weighted by molar-refractivity contribution is 7.99. The summed E-state index contributed by atoms with van der Waals surface area (Å²) in [5, 5.41) is 10.1. The number of aliphatic carboxylic acids is 1. The number of aromatic nitrogens is 3. The van der Waals surface area contributed by atoms with Gasteiger partial charge in [-0.25, -0.2) is 9.97 Å². The van der Waals surface area contributed by atoms with E-state index in [1.54, 1.807) is 12.3 Å². The lowest BCUT2D eigenvalue weighted by molar-refractivity contribution is -0.133. The fourth-order valence-corrected chi connectivity index (χ4v) is 3.40. The Morgan fingerprint density at radius 2 is 2.33 bits per heavy atom. The molecule has 2 aromatic rings. The molecule has 1 saturated carbocycles. The average Bonchev–Trinajstić information content (AvgIpc) is 2.72. The number of fused-ring (bicyclic) bond motifs is 1. The van der Waals surface area contributed by atoms with Crippen LogP contribution in [0.3, 0.4) is 0 Å². The summed E-state index contributed by atoms with van der Waals surface area (Å²) >= 11 is 7.19. The highest BCUT2D eigenvalue weighted by atomic mass is 35.5. The van der Waals surface area contributed by atoms with E-state index in [0.717, 1.165) is 30.0 Å². The van der Waals surface area contributed by atoms with Crippen LogP contribution in [0.2, 0.25) is 5.02 Å². The fraction of sp³-hybridized carbons (Fsp3) is 0.500. The van der Waals surface area contributed by atoms with Crippen LogP contribution in [-0.2, 0) is 11.3 Å². The van der Waals surface area contributed by atoms with Gasteiger partial charge in [0.15, 0.2) is 10.8 Å². The smallest absolute Gasteiger partial charge is 0.313 e. The molecule has 1 aliphatic rings. The summed E-state index contributed by atoms with van der Waals surface area (Å²) in [6, 6.07) is 1.77. The van der Waals surface area contributed by atoms with Gasteiger partial charge in [-0.3, -0.25) is 4.79 Å². The van der Waals surface area contributed by atoms with E-state index in [1.165, 1.54) is 31.0 Å². The van der Waals surface area contributed by atoms with Gasteiger partial charge in [0, 0.05) is 12.7 Å². The number of thioether (sulfide) groups is 1. The Bertz CT molecular complexity index is 670. The van der Waals surface area contributed by atoms with Crippen LogP contribution >= 0.6 is 23.4 Å². The maximum atomic E-state index is 10.8. The minimum absolute atomic E-state index is 0.000479. The zero-order valence-electron chi connectivity index (χ0n) is 11.5. The van der Waals surface area contributed by atoms with E-state index in [9.17, 15) is 4.79 Å². The number of aryl methyl sites for hydroxylation is 1. The first-order valence-electron chi connectivity index (χ1n) is 7.00. The first-order chi connectivity index (χ1) is 10.1. The number of pyridine rings is 1. The van der Waals surface area contributed by atoms with Gasteiger partial charge in [0.05, 0.1) is 10.8 Å². The predicted molar refractivity (Wildman–Crippen MR) is 82.9 cm³/mol. The summed E-state index contributed by atoms with van der Waals surface area (Å²) < 4.78 is 2.03. The fourth-order valence-electron chi connectivity index (χ4n) is 2.50. The Morgan fingerprint density at radius 3 is 3.00 bits per heavy atom. The van der Waals surface area contributed by atoms with Gasteiger partial charge in [0.25, 0.3) is 0 Å². The Labute approximate surface area is 131 Å².